The van der Waals surface area contributed by atoms with E-state index in [-0.39, 0.29) is 5.91 Å². The lowest BCUT2D eigenvalue weighted by Crippen LogP contribution is -2.21. The number of carbonyl (C=O) groups is 1. The molecule has 1 amide bonds. The summed E-state index contributed by atoms with van der Waals surface area (Å²) in [5.41, 5.74) is 4.23. The molecule has 1 N–H and O–H groups in total. The normalized spacial score (nSPS) is 10.7. The summed E-state index contributed by atoms with van der Waals surface area (Å²) >= 11 is 0. The SMILES string of the molecule is CCCOc1ccc(/C=C/C(=O)NOCc2ccccc2)cc1OCC. The number of rotatable bonds is 10. The van der Waals surface area contributed by atoms with E-state index < -0.39 is 0 Å². The van der Waals surface area contributed by atoms with Crippen LogP contribution in [0.4, 0.5) is 0 Å². The summed E-state index contributed by atoms with van der Waals surface area (Å²) < 4.78 is 11.3. The largest absolute Gasteiger partial charge is 0.490 e. The van der Waals surface area contributed by atoms with Gasteiger partial charge in [-0.25, -0.2) is 5.48 Å². The minimum atomic E-state index is -0.329. The van der Waals surface area contributed by atoms with Crippen LogP contribution in [0, 0.1) is 0 Å². The Morgan fingerprint density at radius 3 is 2.58 bits per heavy atom. The zero-order chi connectivity index (χ0) is 18.6. The smallest absolute Gasteiger partial charge is 0.267 e. The van der Waals surface area contributed by atoms with Gasteiger partial charge in [-0.2, -0.15) is 0 Å². The van der Waals surface area contributed by atoms with Crippen LogP contribution in [0.5, 0.6) is 11.5 Å². The number of amides is 1. The van der Waals surface area contributed by atoms with Gasteiger partial charge in [-0.05, 0) is 42.7 Å². The van der Waals surface area contributed by atoms with Crippen molar-refractivity contribution in [1.82, 2.24) is 5.48 Å². The van der Waals surface area contributed by atoms with Crippen LogP contribution in [-0.4, -0.2) is 19.1 Å². The molecule has 0 aromatic heterocycles. The Morgan fingerprint density at radius 1 is 1.04 bits per heavy atom. The molecular formula is C21H25NO4. The van der Waals surface area contributed by atoms with Crippen molar-refractivity contribution >= 4 is 12.0 Å². The Kier molecular flexibility index (Phi) is 8.23. The van der Waals surface area contributed by atoms with Gasteiger partial charge in [0, 0.05) is 6.08 Å². The molecule has 0 aliphatic heterocycles. The minimum Gasteiger partial charge on any atom is -0.490 e. The summed E-state index contributed by atoms with van der Waals surface area (Å²) in [5, 5.41) is 0. The van der Waals surface area contributed by atoms with Gasteiger partial charge in [-0.1, -0.05) is 43.3 Å². The molecule has 0 aliphatic carbocycles. The molecule has 0 unspecified atom stereocenters. The van der Waals surface area contributed by atoms with Crippen LogP contribution in [0.2, 0.25) is 0 Å². The molecular weight excluding hydrogens is 330 g/mol. The van der Waals surface area contributed by atoms with Crippen molar-refractivity contribution in [3.63, 3.8) is 0 Å². The van der Waals surface area contributed by atoms with Gasteiger partial charge in [-0.3, -0.25) is 9.63 Å². The monoisotopic (exact) mass is 355 g/mol. The highest BCUT2D eigenvalue weighted by Crippen LogP contribution is 2.29. The van der Waals surface area contributed by atoms with Crippen LogP contribution < -0.4 is 15.0 Å². The predicted octanol–water partition coefficient (Wildman–Crippen LogP) is 4.14. The minimum absolute atomic E-state index is 0.318. The molecule has 0 spiro atoms. The number of hydrogen-bond acceptors (Lipinski definition) is 4. The summed E-state index contributed by atoms with van der Waals surface area (Å²) in [6.07, 6.45) is 4.05. The van der Waals surface area contributed by atoms with E-state index in [1.165, 1.54) is 6.08 Å². The van der Waals surface area contributed by atoms with Crippen molar-refractivity contribution < 1.29 is 19.1 Å². The molecule has 2 rings (SSSR count). The second-order valence-electron chi connectivity index (χ2n) is 5.56. The van der Waals surface area contributed by atoms with Crippen molar-refractivity contribution in [3.8, 4) is 11.5 Å². The van der Waals surface area contributed by atoms with Gasteiger partial charge in [0.15, 0.2) is 11.5 Å². The van der Waals surface area contributed by atoms with E-state index >= 15 is 0 Å². The van der Waals surface area contributed by atoms with Crippen molar-refractivity contribution in [2.45, 2.75) is 26.9 Å². The Balaban J connectivity index is 1.89. The van der Waals surface area contributed by atoms with E-state index in [2.05, 4.69) is 12.4 Å². The van der Waals surface area contributed by atoms with Gasteiger partial charge in [0.05, 0.1) is 19.8 Å². The molecule has 26 heavy (non-hydrogen) atoms. The van der Waals surface area contributed by atoms with E-state index in [1.807, 2.05) is 55.5 Å². The Hall–Kier alpha value is -2.79. The van der Waals surface area contributed by atoms with Crippen LogP contribution in [0.3, 0.4) is 0 Å². The van der Waals surface area contributed by atoms with E-state index in [1.54, 1.807) is 6.08 Å². The predicted molar refractivity (Wildman–Crippen MR) is 102 cm³/mol. The fourth-order valence-electron chi connectivity index (χ4n) is 2.20. The highest BCUT2D eigenvalue weighted by molar-refractivity contribution is 5.91. The number of nitrogens with one attached hydrogen (secondary N) is 1. The average Bonchev–Trinajstić information content (AvgIpc) is 2.67. The molecule has 2 aromatic carbocycles. The summed E-state index contributed by atoms with van der Waals surface area (Å²) in [6.45, 7) is 5.47. The maximum absolute atomic E-state index is 11.8. The summed E-state index contributed by atoms with van der Waals surface area (Å²) in [4.78, 5) is 17.0. The highest BCUT2D eigenvalue weighted by Gasteiger charge is 2.05. The average molecular weight is 355 g/mol. The molecule has 2 aromatic rings. The third kappa shape index (κ3) is 6.61. The zero-order valence-electron chi connectivity index (χ0n) is 15.2. The number of hydroxylamine groups is 1. The van der Waals surface area contributed by atoms with Crippen molar-refractivity contribution in [2.24, 2.45) is 0 Å². The molecule has 0 saturated carbocycles. The van der Waals surface area contributed by atoms with Crippen molar-refractivity contribution in [1.29, 1.82) is 0 Å². The lowest BCUT2D eigenvalue weighted by Gasteiger charge is -2.12. The van der Waals surface area contributed by atoms with Gasteiger partial charge < -0.3 is 9.47 Å². The van der Waals surface area contributed by atoms with E-state index in [0.29, 0.717) is 31.3 Å². The molecule has 5 nitrogen and oxygen atoms in total. The van der Waals surface area contributed by atoms with Crippen LogP contribution in [0.25, 0.3) is 6.08 Å². The Bertz CT molecular complexity index is 713. The topological polar surface area (TPSA) is 56.8 Å². The molecule has 0 saturated heterocycles. The van der Waals surface area contributed by atoms with Gasteiger partial charge in [0.2, 0.25) is 0 Å². The lowest BCUT2D eigenvalue weighted by molar-refractivity contribution is -0.129. The zero-order valence-corrected chi connectivity index (χ0v) is 15.2. The summed E-state index contributed by atoms with van der Waals surface area (Å²) in [5.74, 6) is 1.05. The molecule has 0 heterocycles. The fourth-order valence-corrected chi connectivity index (χ4v) is 2.20. The third-order valence-electron chi connectivity index (χ3n) is 3.41. The van der Waals surface area contributed by atoms with Crippen LogP contribution >= 0.6 is 0 Å². The van der Waals surface area contributed by atoms with Crippen molar-refractivity contribution in [3.05, 3.63) is 65.7 Å². The highest BCUT2D eigenvalue weighted by atomic mass is 16.6. The lowest BCUT2D eigenvalue weighted by atomic mass is 10.2. The Morgan fingerprint density at radius 2 is 1.85 bits per heavy atom. The standard InChI is InChI=1S/C21H25NO4/c1-3-14-25-19-12-10-17(15-20(19)24-4-2)11-13-21(23)22-26-16-18-8-6-5-7-9-18/h5-13,15H,3-4,14,16H2,1-2H3,(H,22,23)/b13-11+. The number of carbonyl (C=O) groups excluding carboxylic acids is 1. The first-order valence-corrected chi connectivity index (χ1v) is 8.76. The van der Waals surface area contributed by atoms with E-state index in [4.69, 9.17) is 14.3 Å². The summed E-state index contributed by atoms with van der Waals surface area (Å²) in [6, 6.07) is 15.2. The second kappa shape index (κ2) is 10.9. The first-order valence-electron chi connectivity index (χ1n) is 8.76. The number of benzene rings is 2. The third-order valence-corrected chi connectivity index (χ3v) is 3.41. The van der Waals surface area contributed by atoms with E-state index in [0.717, 1.165) is 17.5 Å². The quantitative estimate of drug-likeness (QED) is 0.514. The van der Waals surface area contributed by atoms with Gasteiger partial charge in [0.1, 0.15) is 0 Å². The van der Waals surface area contributed by atoms with E-state index in [9.17, 15) is 4.79 Å². The van der Waals surface area contributed by atoms with Gasteiger partial charge in [0.25, 0.3) is 5.91 Å². The summed E-state index contributed by atoms with van der Waals surface area (Å²) in [7, 11) is 0. The van der Waals surface area contributed by atoms with Crippen molar-refractivity contribution in [2.75, 3.05) is 13.2 Å². The van der Waals surface area contributed by atoms with Crippen LogP contribution in [0.15, 0.2) is 54.6 Å². The molecule has 5 heteroatoms. The van der Waals surface area contributed by atoms with Crippen LogP contribution in [-0.2, 0) is 16.2 Å². The molecule has 138 valence electrons. The van der Waals surface area contributed by atoms with Gasteiger partial charge in [-0.15, -0.1) is 0 Å². The molecule has 0 fully saturated rings. The first-order chi connectivity index (χ1) is 12.7. The van der Waals surface area contributed by atoms with Gasteiger partial charge >= 0.3 is 0 Å². The molecule has 0 atom stereocenters. The molecule has 0 bridgehead atoms. The Labute approximate surface area is 154 Å². The molecule has 0 radical (unpaired) electrons. The van der Waals surface area contributed by atoms with Crippen LogP contribution in [0.1, 0.15) is 31.4 Å². The number of hydrogen-bond donors (Lipinski definition) is 1. The molecule has 0 aliphatic rings. The fraction of sp³-hybridized carbons (Fsp3) is 0.286. The first kappa shape index (κ1) is 19.5. The maximum atomic E-state index is 11.8. The maximum Gasteiger partial charge on any atom is 0.267 e. The number of ether oxygens (including phenoxy) is 2. The second-order valence-corrected chi connectivity index (χ2v) is 5.56.